The SMILES string of the molecule is Cn1cncc1CCNc1nc(-c2cccnc2)nc2ccccc12. The van der Waals surface area contributed by atoms with Gasteiger partial charge in [-0.1, -0.05) is 12.1 Å². The molecule has 3 heterocycles. The third-order valence-electron chi connectivity index (χ3n) is 4.11. The number of nitrogens with one attached hydrogen (secondary N) is 1. The minimum Gasteiger partial charge on any atom is -0.369 e. The number of anilines is 1. The Morgan fingerprint density at radius 1 is 1.00 bits per heavy atom. The van der Waals surface area contributed by atoms with Crippen LogP contribution in [0.25, 0.3) is 22.3 Å². The van der Waals surface area contributed by atoms with Gasteiger partial charge < -0.3 is 9.88 Å². The molecule has 1 N–H and O–H groups in total. The van der Waals surface area contributed by atoms with Gasteiger partial charge in [-0.25, -0.2) is 15.0 Å². The van der Waals surface area contributed by atoms with E-state index in [0.717, 1.165) is 35.2 Å². The van der Waals surface area contributed by atoms with E-state index in [2.05, 4.69) is 20.3 Å². The summed E-state index contributed by atoms with van der Waals surface area (Å²) >= 11 is 0. The number of rotatable bonds is 5. The third kappa shape index (κ3) is 3.19. The van der Waals surface area contributed by atoms with Gasteiger partial charge in [0, 0.05) is 55.2 Å². The van der Waals surface area contributed by atoms with Crippen LogP contribution >= 0.6 is 0 Å². The fourth-order valence-corrected chi connectivity index (χ4v) is 2.77. The van der Waals surface area contributed by atoms with E-state index in [9.17, 15) is 0 Å². The quantitative estimate of drug-likeness (QED) is 0.609. The molecule has 0 radical (unpaired) electrons. The summed E-state index contributed by atoms with van der Waals surface area (Å²) in [7, 11) is 2.00. The summed E-state index contributed by atoms with van der Waals surface area (Å²) in [6, 6.07) is 11.9. The van der Waals surface area contributed by atoms with E-state index < -0.39 is 0 Å². The van der Waals surface area contributed by atoms with Gasteiger partial charge in [0.05, 0.1) is 11.8 Å². The highest BCUT2D eigenvalue weighted by Gasteiger charge is 2.09. The first-order valence-corrected chi connectivity index (χ1v) is 8.17. The molecule has 0 saturated heterocycles. The molecule has 4 rings (SSSR count). The highest BCUT2D eigenvalue weighted by Crippen LogP contribution is 2.24. The minimum atomic E-state index is 0.676. The first-order valence-electron chi connectivity index (χ1n) is 8.17. The van der Waals surface area contributed by atoms with Gasteiger partial charge in [0.2, 0.25) is 0 Å². The fraction of sp³-hybridized carbons (Fsp3) is 0.158. The third-order valence-corrected chi connectivity index (χ3v) is 4.11. The number of aromatic nitrogens is 5. The van der Waals surface area contributed by atoms with Crippen LogP contribution in [0.15, 0.2) is 61.3 Å². The van der Waals surface area contributed by atoms with Gasteiger partial charge in [0.15, 0.2) is 5.82 Å². The van der Waals surface area contributed by atoms with Gasteiger partial charge in [0.1, 0.15) is 5.82 Å². The predicted octanol–water partition coefficient (Wildman–Crippen LogP) is 3.08. The Morgan fingerprint density at radius 3 is 2.72 bits per heavy atom. The van der Waals surface area contributed by atoms with Crippen LogP contribution in [0.4, 0.5) is 5.82 Å². The van der Waals surface area contributed by atoms with E-state index in [1.54, 1.807) is 12.4 Å². The first-order chi connectivity index (χ1) is 12.3. The molecule has 1 aromatic carbocycles. The lowest BCUT2D eigenvalue weighted by Crippen LogP contribution is -2.10. The van der Waals surface area contributed by atoms with E-state index in [1.807, 2.05) is 60.5 Å². The summed E-state index contributed by atoms with van der Waals surface area (Å²) in [6.45, 7) is 0.771. The molecule has 124 valence electrons. The van der Waals surface area contributed by atoms with Crippen LogP contribution in [-0.2, 0) is 13.5 Å². The monoisotopic (exact) mass is 330 g/mol. The summed E-state index contributed by atoms with van der Waals surface area (Å²) in [6.07, 6.45) is 8.11. The predicted molar refractivity (Wildman–Crippen MR) is 98.2 cm³/mol. The number of hydrogen-bond donors (Lipinski definition) is 1. The second-order valence-corrected chi connectivity index (χ2v) is 5.83. The maximum absolute atomic E-state index is 4.73. The van der Waals surface area contributed by atoms with Gasteiger partial charge >= 0.3 is 0 Å². The highest BCUT2D eigenvalue weighted by molar-refractivity contribution is 5.90. The van der Waals surface area contributed by atoms with Gasteiger partial charge in [-0.2, -0.15) is 0 Å². The molecule has 0 atom stereocenters. The van der Waals surface area contributed by atoms with Crippen molar-refractivity contribution in [1.29, 1.82) is 0 Å². The molecule has 0 aliphatic heterocycles. The number of benzene rings is 1. The topological polar surface area (TPSA) is 68.5 Å². The molecule has 6 heteroatoms. The number of imidazole rings is 1. The molecule has 25 heavy (non-hydrogen) atoms. The molecule has 4 aromatic rings. The smallest absolute Gasteiger partial charge is 0.163 e. The van der Waals surface area contributed by atoms with Crippen LogP contribution in [0.2, 0.25) is 0 Å². The average molecular weight is 330 g/mol. The Bertz CT molecular complexity index is 993. The van der Waals surface area contributed by atoms with Gasteiger partial charge in [-0.3, -0.25) is 4.98 Å². The van der Waals surface area contributed by atoms with E-state index in [0.29, 0.717) is 5.82 Å². The van der Waals surface area contributed by atoms with Gasteiger partial charge in [-0.15, -0.1) is 0 Å². The van der Waals surface area contributed by atoms with Gasteiger partial charge in [-0.05, 0) is 24.3 Å². The van der Waals surface area contributed by atoms with Crippen molar-refractivity contribution in [2.75, 3.05) is 11.9 Å². The minimum absolute atomic E-state index is 0.676. The van der Waals surface area contributed by atoms with Crippen LogP contribution in [0.5, 0.6) is 0 Å². The first kappa shape index (κ1) is 15.3. The van der Waals surface area contributed by atoms with Crippen LogP contribution in [0.3, 0.4) is 0 Å². The number of pyridine rings is 1. The number of para-hydroxylation sites is 1. The summed E-state index contributed by atoms with van der Waals surface area (Å²) < 4.78 is 2.03. The summed E-state index contributed by atoms with van der Waals surface area (Å²) in [5, 5.41) is 4.46. The second-order valence-electron chi connectivity index (χ2n) is 5.83. The summed E-state index contributed by atoms with van der Waals surface area (Å²) in [4.78, 5) is 17.7. The van der Waals surface area contributed by atoms with Crippen molar-refractivity contribution in [3.8, 4) is 11.4 Å². The van der Waals surface area contributed by atoms with Crippen molar-refractivity contribution in [3.05, 3.63) is 67.0 Å². The van der Waals surface area contributed by atoms with E-state index in [4.69, 9.17) is 4.98 Å². The molecule has 0 fully saturated rings. The van der Waals surface area contributed by atoms with Gasteiger partial charge in [0.25, 0.3) is 0 Å². The molecule has 0 amide bonds. The molecule has 0 unspecified atom stereocenters. The standard InChI is InChI=1S/C19H18N6/c1-25-13-21-12-15(25)8-10-22-19-16-6-2-3-7-17(16)23-18(24-19)14-5-4-9-20-11-14/h2-7,9,11-13H,8,10H2,1H3,(H,22,23,24). The highest BCUT2D eigenvalue weighted by atomic mass is 15.0. The van der Waals surface area contributed by atoms with Crippen LogP contribution in [0.1, 0.15) is 5.69 Å². The Labute approximate surface area is 145 Å². The molecule has 0 spiro atoms. The lowest BCUT2D eigenvalue weighted by Gasteiger charge is -2.11. The summed E-state index contributed by atoms with van der Waals surface area (Å²) in [5.74, 6) is 1.52. The lowest BCUT2D eigenvalue weighted by molar-refractivity contribution is 0.815. The molecule has 0 bridgehead atoms. The van der Waals surface area contributed by atoms with Crippen LogP contribution in [-0.4, -0.2) is 31.0 Å². The molecule has 0 aliphatic rings. The van der Waals surface area contributed by atoms with Crippen molar-refractivity contribution < 1.29 is 0 Å². The number of hydrogen-bond acceptors (Lipinski definition) is 5. The van der Waals surface area contributed by atoms with E-state index >= 15 is 0 Å². The molecule has 0 saturated carbocycles. The zero-order chi connectivity index (χ0) is 17.1. The Kier molecular flexibility index (Phi) is 4.08. The zero-order valence-electron chi connectivity index (χ0n) is 13.9. The Balaban J connectivity index is 1.65. The van der Waals surface area contributed by atoms with Crippen molar-refractivity contribution in [2.45, 2.75) is 6.42 Å². The second kappa shape index (κ2) is 6.68. The summed E-state index contributed by atoms with van der Waals surface area (Å²) in [5.41, 5.74) is 3.00. The molecule has 3 aromatic heterocycles. The van der Waals surface area contributed by atoms with Crippen LogP contribution in [0, 0.1) is 0 Å². The largest absolute Gasteiger partial charge is 0.369 e. The van der Waals surface area contributed by atoms with Crippen molar-refractivity contribution in [1.82, 2.24) is 24.5 Å². The normalized spacial score (nSPS) is 10.9. The lowest BCUT2D eigenvalue weighted by atomic mass is 10.2. The van der Waals surface area contributed by atoms with E-state index in [1.165, 1.54) is 5.69 Å². The maximum atomic E-state index is 4.73. The zero-order valence-corrected chi connectivity index (χ0v) is 13.9. The van der Waals surface area contributed by atoms with Crippen molar-refractivity contribution >= 4 is 16.7 Å². The van der Waals surface area contributed by atoms with Crippen molar-refractivity contribution in [3.63, 3.8) is 0 Å². The average Bonchev–Trinajstić information content (AvgIpc) is 3.07. The fourth-order valence-electron chi connectivity index (χ4n) is 2.77. The molecular weight excluding hydrogens is 312 g/mol. The maximum Gasteiger partial charge on any atom is 0.163 e. The number of nitrogens with zero attached hydrogens (tertiary/aromatic N) is 5. The number of fused-ring (bicyclic) bond motifs is 1. The van der Waals surface area contributed by atoms with Crippen LogP contribution < -0.4 is 5.32 Å². The Hall–Kier alpha value is -3.28. The molecular formula is C19H18N6. The number of aryl methyl sites for hydroxylation is 1. The van der Waals surface area contributed by atoms with Crippen molar-refractivity contribution in [2.24, 2.45) is 7.05 Å². The van der Waals surface area contributed by atoms with E-state index in [-0.39, 0.29) is 0 Å². The molecule has 6 nitrogen and oxygen atoms in total. The molecule has 0 aliphatic carbocycles. The Morgan fingerprint density at radius 2 is 1.92 bits per heavy atom.